The fraction of sp³-hybridized carbons (Fsp3) is 0.600. The molecule has 2 heterocycles. The van der Waals surface area contributed by atoms with E-state index in [1.165, 1.54) is 6.07 Å². The number of carbonyl (C=O) groups is 1. The van der Waals surface area contributed by atoms with E-state index in [1.807, 2.05) is 4.90 Å². The highest BCUT2D eigenvalue weighted by atomic mass is 19.1. The van der Waals surface area contributed by atoms with Crippen LogP contribution in [0.4, 0.5) is 16.0 Å². The number of ether oxygens (including phenoxy) is 1. The van der Waals surface area contributed by atoms with Crippen LogP contribution >= 0.6 is 0 Å². The maximum absolute atomic E-state index is 14.3. The summed E-state index contributed by atoms with van der Waals surface area (Å²) in [5.74, 6) is -0.204. The third kappa shape index (κ3) is 3.09. The molecule has 1 aliphatic carbocycles. The minimum absolute atomic E-state index is 0.184. The van der Waals surface area contributed by atoms with Crippen molar-refractivity contribution in [3.05, 3.63) is 17.4 Å². The van der Waals surface area contributed by atoms with Gasteiger partial charge in [0.1, 0.15) is 11.4 Å². The summed E-state index contributed by atoms with van der Waals surface area (Å²) in [5.41, 5.74) is 0.184. The number of hydrogen-bond acceptors (Lipinski definition) is 5. The van der Waals surface area contributed by atoms with Crippen LogP contribution in [0.2, 0.25) is 0 Å². The number of esters is 1. The highest BCUT2D eigenvalue weighted by molar-refractivity contribution is 5.95. The van der Waals surface area contributed by atoms with Gasteiger partial charge in [0.25, 0.3) is 0 Å². The first kappa shape index (κ1) is 14.1. The maximum atomic E-state index is 14.3. The van der Waals surface area contributed by atoms with Gasteiger partial charge < -0.3 is 15.0 Å². The number of pyridine rings is 1. The van der Waals surface area contributed by atoms with Crippen molar-refractivity contribution >= 4 is 17.6 Å². The van der Waals surface area contributed by atoms with E-state index in [2.05, 4.69) is 10.3 Å². The lowest BCUT2D eigenvalue weighted by atomic mass is 10.2. The van der Waals surface area contributed by atoms with E-state index in [0.717, 1.165) is 38.8 Å². The second kappa shape index (κ2) is 5.87. The molecule has 0 unspecified atom stereocenters. The Kier molecular flexibility index (Phi) is 3.94. The van der Waals surface area contributed by atoms with Crippen molar-refractivity contribution in [2.75, 3.05) is 29.9 Å². The smallest absolute Gasteiger partial charge is 0.342 e. The molecule has 0 radical (unpaired) electrons. The molecule has 1 aliphatic heterocycles. The minimum Gasteiger partial charge on any atom is -0.462 e. The molecule has 1 saturated heterocycles. The number of carbonyl (C=O) groups excluding carboxylic acids is 1. The van der Waals surface area contributed by atoms with Crippen molar-refractivity contribution in [3.8, 4) is 0 Å². The van der Waals surface area contributed by atoms with Crippen LogP contribution in [0.1, 0.15) is 43.0 Å². The van der Waals surface area contributed by atoms with Crippen molar-refractivity contribution < 1.29 is 13.9 Å². The molecule has 6 heteroatoms. The predicted molar refractivity (Wildman–Crippen MR) is 78.2 cm³/mol. The van der Waals surface area contributed by atoms with E-state index in [0.29, 0.717) is 17.7 Å². The topological polar surface area (TPSA) is 54.5 Å². The molecule has 1 aromatic rings. The number of anilines is 2. The van der Waals surface area contributed by atoms with Gasteiger partial charge in [-0.1, -0.05) is 0 Å². The van der Waals surface area contributed by atoms with Crippen LogP contribution in [0.25, 0.3) is 0 Å². The maximum Gasteiger partial charge on any atom is 0.342 e. The highest BCUT2D eigenvalue weighted by Crippen LogP contribution is 2.30. The van der Waals surface area contributed by atoms with Crippen molar-refractivity contribution in [1.82, 2.24) is 4.98 Å². The SMILES string of the molecule is CCOC(=O)c1cc(F)c(N2CCCC2)nc1NC1CC1. The Hall–Kier alpha value is -1.85. The molecule has 5 nitrogen and oxygen atoms in total. The van der Waals surface area contributed by atoms with Crippen molar-refractivity contribution in [3.63, 3.8) is 0 Å². The largest absolute Gasteiger partial charge is 0.462 e. The first-order valence-corrected chi connectivity index (χ1v) is 7.58. The number of nitrogens with zero attached hydrogens (tertiary/aromatic N) is 2. The van der Waals surface area contributed by atoms with Crippen LogP contribution < -0.4 is 10.2 Å². The summed E-state index contributed by atoms with van der Waals surface area (Å²) in [7, 11) is 0. The second-order valence-corrected chi connectivity index (χ2v) is 5.52. The Morgan fingerprint density at radius 3 is 2.81 bits per heavy atom. The molecule has 0 amide bonds. The molecule has 0 atom stereocenters. The van der Waals surface area contributed by atoms with E-state index < -0.39 is 11.8 Å². The molecule has 2 aliphatic rings. The number of halogens is 1. The predicted octanol–water partition coefficient (Wildman–Crippen LogP) is 2.57. The van der Waals surface area contributed by atoms with Crippen LogP contribution in [0.15, 0.2) is 6.07 Å². The Labute approximate surface area is 123 Å². The first-order chi connectivity index (χ1) is 10.2. The van der Waals surface area contributed by atoms with E-state index in [1.54, 1.807) is 6.92 Å². The lowest BCUT2D eigenvalue weighted by molar-refractivity contribution is 0.0526. The summed E-state index contributed by atoms with van der Waals surface area (Å²) >= 11 is 0. The van der Waals surface area contributed by atoms with Gasteiger partial charge in [-0.2, -0.15) is 0 Å². The zero-order chi connectivity index (χ0) is 14.8. The lowest BCUT2D eigenvalue weighted by Gasteiger charge is -2.19. The summed E-state index contributed by atoms with van der Waals surface area (Å²) in [4.78, 5) is 18.3. The zero-order valence-corrected chi connectivity index (χ0v) is 12.2. The van der Waals surface area contributed by atoms with Crippen LogP contribution in [0, 0.1) is 5.82 Å². The summed E-state index contributed by atoms with van der Waals surface area (Å²) in [6, 6.07) is 1.59. The summed E-state index contributed by atoms with van der Waals surface area (Å²) in [5, 5.41) is 3.21. The van der Waals surface area contributed by atoms with Crippen molar-refractivity contribution in [2.24, 2.45) is 0 Å². The molecular formula is C15H20FN3O2. The molecular weight excluding hydrogens is 273 g/mol. The normalized spacial score (nSPS) is 17.9. The Bertz CT molecular complexity index is 540. The molecule has 1 saturated carbocycles. The fourth-order valence-corrected chi connectivity index (χ4v) is 2.53. The van der Waals surface area contributed by atoms with Gasteiger partial charge in [0.05, 0.1) is 6.61 Å². The van der Waals surface area contributed by atoms with Crippen molar-refractivity contribution in [1.29, 1.82) is 0 Å². The Morgan fingerprint density at radius 2 is 2.19 bits per heavy atom. The summed E-state index contributed by atoms with van der Waals surface area (Å²) in [6.07, 6.45) is 4.21. The fourth-order valence-electron chi connectivity index (χ4n) is 2.53. The van der Waals surface area contributed by atoms with E-state index in [9.17, 15) is 9.18 Å². The molecule has 1 aromatic heterocycles. The molecule has 2 fully saturated rings. The third-order valence-corrected chi connectivity index (χ3v) is 3.78. The number of nitrogens with one attached hydrogen (secondary N) is 1. The number of rotatable bonds is 5. The average molecular weight is 293 g/mol. The molecule has 0 aromatic carbocycles. The molecule has 0 spiro atoms. The van der Waals surface area contributed by atoms with E-state index >= 15 is 0 Å². The summed E-state index contributed by atoms with van der Waals surface area (Å²) in [6.45, 7) is 3.61. The second-order valence-electron chi connectivity index (χ2n) is 5.52. The minimum atomic E-state index is -0.528. The highest BCUT2D eigenvalue weighted by Gasteiger charge is 2.27. The van der Waals surface area contributed by atoms with E-state index in [4.69, 9.17) is 4.74 Å². The van der Waals surface area contributed by atoms with Crippen LogP contribution in [-0.4, -0.2) is 36.7 Å². The first-order valence-electron chi connectivity index (χ1n) is 7.58. The average Bonchev–Trinajstić information content (AvgIpc) is 3.11. The standard InChI is InChI=1S/C15H20FN3O2/c1-2-21-15(20)11-9-12(16)14(19-7-3-4-8-19)18-13(11)17-10-5-6-10/h9-10H,2-8H2,1H3,(H,17,18). The Balaban J connectivity index is 1.94. The van der Waals surface area contributed by atoms with Gasteiger partial charge in [-0.15, -0.1) is 0 Å². The van der Waals surface area contributed by atoms with Gasteiger partial charge in [-0.3, -0.25) is 0 Å². The molecule has 21 heavy (non-hydrogen) atoms. The zero-order valence-electron chi connectivity index (χ0n) is 12.2. The van der Waals surface area contributed by atoms with Crippen LogP contribution in [-0.2, 0) is 4.74 Å². The third-order valence-electron chi connectivity index (χ3n) is 3.78. The number of aromatic nitrogens is 1. The lowest BCUT2D eigenvalue weighted by Crippen LogP contribution is -2.22. The monoisotopic (exact) mass is 293 g/mol. The van der Waals surface area contributed by atoms with Gasteiger partial charge in [-0.05, 0) is 38.7 Å². The van der Waals surface area contributed by atoms with Crippen LogP contribution in [0.5, 0.6) is 0 Å². The molecule has 114 valence electrons. The van der Waals surface area contributed by atoms with Gasteiger partial charge in [0, 0.05) is 19.1 Å². The van der Waals surface area contributed by atoms with Crippen molar-refractivity contribution in [2.45, 2.75) is 38.6 Å². The molecule has 3 rings (SSSR count). The Morgan fingerprint density at radius 1 is 1.48 bits per heavy atom. The molecule has 1 N–H and O–H groups in total. The van der Waals surface area contributed by atoms with Gasteiger partial charge in [0.2, 0.25) is 0 Å². The quantitative estimate of drug-likeness (QED) is 0.846. The van der Waals surface area contributed by atoms with Crippen LogP contribution in [0.3, 0.4) is 0 Å². The summed E-state index contributed by atoms with van der Waals surface area (Å²) < 4.78 is 19.3. The van der Waals surface area contributed by atoms with Gasteiger partial charge >= 0.3 is 5.97 Å². The van der Waals surface area contributed by atoms with E-state index in [-0.39, 0.29) is 12.2 Å². The van der Waals surface area contributed by atoms with Gasteiger partial charge in [-0.25, -0.2) is 14.2 Å². The molecule has 0 bridgehead atoms. The van der Waals surface area contributed by atoms with Gasteiger partial charge in [0.15, 0.2) is 11.6 Å². The number of hydrogen-bond donors (Lipinski definition) is 1.